The number of carbonyl (C=O) groups excluding carboxylic acids is 1. The lowest BCUT2D eigenvalue weighted by Crippen LogP contribution is -2.42. The fourth-order valence-electron chi connectivity index (χ4n) is 3.75. The molecule has 0 bridgehead atoms. The third kappa shape index (κ3) is 3.99. The van der Waals surface area contributed by atoms with E-state index in [0.717, 1.165) is 25.9 Å². The summed E-state index contributed by atoms with van der Waals surface area (Å²) in [6.45, 7) is 7.79. The van der Waals surface area contributed by atoms with Gasteiger partial charge in [-0.2, -0.15) is 0 Å². The molecule has 0 spiro atoms. The number of hydrogen-bond acceptors (Lipinski definition) is 3. The van der Waals surface area contributed by atoms with Gasteiger partial charge in [0.05, 0.1) is 6.04 Å². The molecule has 0 saturated carbocycles. The van der Waals surface area contributed by atoms with Crippen molar-refractivity contribution in [3.05, 3.63) is 41.5 Å². The van der Waals surface area contributed by atoms with Crippen LogP contribution in [0, 0.1) is 11.8 Å². The highest BCUT2D eigenvalue weighted by Crippen LogP contribution is 2.39. The van der Waals surface area contributed by atoms with Crippen LogP contribution in [0.3, 0.4) is 0 Å². The molecule has 1 saturated heterocycles. The molecular weight excluding hydrogens is 300 g/mol. The van der Waals surface area contributed by atoms with Gasteiger partial charge in [0.15, 0.2) is 0 Å². The standard InChI is InChI=1S/C20H28N2O2/c1-20(2,3)24-19(23)22-18-16-7-5-4-6-14(16)8-9-17(18)15-10-12-21-13-11-15/h4-9,15,17-18,21H,10-13H2,1-3H3,(H,22,23)/t17-,18+/m1/s1. The zero-order valence-electron chi connectivity index (χ0n) is 14.8. The van der Waals surface area contributed by atoms with E-state index in [1.54, 1.807) is 0 Å². The smallest absolute Gasteiger partial charge is 0.408 e. The second-order valence-corrected chi connectivity index (χ2v) is 7.78. The first-order valence-corrected chi connectivity index (χ1v) is 8.91. The van der Waals surface area contributed by atoms with Crippen molar-refractivity contribution in [1.29, 1.82) is 0 Å². The second-order valence-electron chi connectivity index (χ2n) is 7.78. The molecule has 0 aromatic heterocycles. The van der Waals surface area contributed by atoms with Crippen LogP contribution in [0.1, 0.15) is 50.8 Å². The van der Waals surface area contributed by atoms with Gasteiger partial charge in [-0.25, -0.2) is 4.79 Å². The summed E-state index contributed by atoms with van der Waals surface area (Å²) < 4.78 is 5.50. The summed E-state index contributed by atoms with van der Waals surface area (Å²) in [7, 11) is 0. The van der Waals surface area contributed by atoms with Crippen LogP contribution in [0.2, 0.25) is 0 Å². The van der Waals surface area contributed by atoms with Gasteiger partial charge in [-0.3, -0.25) is 0 Å². The van der Waals surface area contributed by atoms with Crippen LogP contribution in [0.25, 0.3) is 6.08 Å². The SMILES string of the molecule is CC(C)(C)OC(=O)N[C@H]1c2ccccc2C=C[C@@H]1C1CCNCC1. The van der Waals surface area contributed by atoms with Gasteiger partial charge >= 0.3 is 6.09 Å². The molecule has 1 heterocycles. The molecule has 1 aromatic carbocycles. The summed E-state index contributed by atoms with van der Waals surface area (Å²) in [5.74, 6) is 0.894. The molecule has 2 N–H and O–H groups in total. The number of carbonyl (C=O) groups is 1. The molecule has 0 radical (unpaired) electrons. The topological polar surface area (TPSA) is 50.4 Å². The molecule has 24 heavy (non-hydrogen) atoms. The Bertz CT molecular complexity index is 612. The highest BCUT2D eigenvalue weighted by atomic mass is 16.6. The van der Waals surface area contributed by atoms with Gasteiger partial charge in [0.2, 0.25) is 0 Å². The van der Waals surface area contributed by atoms with Crippen molar-refractivity contribution in [1.82, 2.24) is 10.6 Å². The van der Waals surface area contributed by atoms with E-state index in [1.165, 1.54) is 11.1 Å². The normalized spacial score (nSPS) is 24.3. The monoisotopic (exact) mass is 328 g/mol. The van der Waals surface area contributed by atoms with Crippen LogP contribution in [0.5, 0.6) is 0 Å². The van der Waals surface area contributed by atoms with E-state index >= 15 is 0 Å². The Morgan fingerprint density at radius 1 is 1.21 bits per heavy atom. The van der Waals surface area contributed by atoms with Crippen LogP contribution in [0.15, 0.2) is 30.3 Å². The largest absolute Gasteiger partial charge is 0.444 e. The molecule has 4 nitrogen and oxygen atoms in total. The van der Waals surface area contributed by atoms with Crippen molar-refractivity contribution in [3.8, 4) is 0 Å². The number of piperidine rings is 1. The fourth-order valence-corrected chi connectivity index (χ4v) is 3.75. The van der Waals surface area contributed by atoms with E-state index in [2.05, 4.69) is 34.9 Å². The molecule has 1 aromatic rings. The van der Waals surface area contributed by atoms with Crippen molar-refractivity contribution in [3.63, 3.8) is 0 Å². The number of alkyl carbamates (subject to hydrolysis) is 1. The lowest BCUT2D eigenvalue weighted by Gasteiger charge is -2.38. The Hall–Kier alpha value is -1.81. The summed E-state index contributed by atoms with van der Waals surface area (Å²) in [4.78, 5) is 12.4. The van der Waals surface area contributed by atoms with Crippen molar-refractivity contribution >= 4 is 12.2 Å². The Labute approximate surface area is 144 Å². The predicted molar refractivity (Wildman–Crippen MR) is 96.7 cm³/mol. The number of nitrogens with one attached hydrogen (secondary N) is 2. The van der Waals surface area contributed by atoms with Gasteiger partial charge in [-0.15, -0.1) is 0 Å². The van der Waals surface area contributed by atoms with E-state index in [9.17, 15) is 4.79 Å². The summed E-state index contributed by atoms with van der Waals surface area (Å²) in [5, 5.41) is 6.57. The third-order valence-electron chi connectivity index (χ3n) is 4.81. The maximum atomic E-state index is 12.4. The van der Waals surface area contributed by atoms with Gasteiger partial charge in [-0.1, -0.05) is 36.4 Å². The molecule has 1 aliphatic heterocycles. The van der Waals surface area contributed by atoms with Crippen LogP contribution < -0.4 is 10.6 Å². The quantitative estimate of drug-likeness (QED) is 0.866. The van der Waals surface area contributed by atoms with E-state index in [0.29, 0.717) is 11.8 Å². The summed E-state index contributed by atoms with van der Waals surface area (Å²) in [6.07, 6.45) is 6.43. The first-order valence-electron chi connectivity index (χ1n) is 8.91. The van der Waals surface area contributed by atoms with Crippen LogP contribution in [-0.4, -0.2) is 24.8 Å². The van der Waals surface area contributed by atoms with Gasteiger partial charge < -0.3 is 15.4 Å². The highest BCUT2D eigenvalue weighted by Gasteiger charge is 2.34. The number of rotatable bonds is 2. The Kier molecular flexibility index (Phi) is 4.95. The molecule has 1 aliphatic carbocycles. The van der Waals surface area contributed by atoms with Gasteiger partial charge in [-0.05, 0) is 63.7 Å². The number of benzene rings is 1. The van der Waals surface area contributed by atoms with E-state index < -0.39 is 5.60 Å². The zero-order chi connectivity index (χ0) is 17.2. The van der Waals surface area contributed by atoms with E-state index in [-0.39, 0.29) is 12.1 Å². The third-order valence-corrected chi connectivity index (χ3v) is 4.81. The van der Waals surface area contributed by atoms with Crippen LogP contribution >= 0.6 is 0 Å². The molecule has 1 amide bonds. The summed E-state index contributed by atoms with van der Waals surface area (Å²) in [6, 6.07) is 8.28. The van der Waals surface area contributed by atoms with Crippen molar-refractivity contribution < 1.29 is 9.53 Å². The first-order chi connectivity index (χ1) is 11.4. The summed E-state index contributed by atoms with van der Waals surface area (Å²) >= 11 is 0. The van der Waals surface area contributed by atoms with E-state index in [4.69, 9.17) is 4.74 Å². The summed E-state index contributed by atoms with van der Waals surface area (Å²) in [5.41, 5.74) is 1.89. The minimum absolute atomic E-state index is 0.0239. The van der Waals surface area contributed by atoms with Gasteiger partial charge in [0.1, 0.15) is 5.60 Å². The number of ether oxygens (including phenoxy) is 1. The molecule has 4 heteroatoms. The highest BCUT2D eigenvalue weighted by molar-refractivity contribution is 5.70. The molecule has 0 unspecified atom stereocenters. The molecule has 3 rings (SSSR count). The molecule has 2 aliphatic rings. The maximum Gasteiger partial charge on any atom is 0.408 e. The average Bonchev–Trinajstić information content (AvgIpc) is 2.54. The number of fused-ring (bicyclic) bond motifs is 1. The Morgan fingerprint density at radius 2 is 1.92 bits per heavy atom. The first kappa shape index (κ1) is 17.0. The van der Waals surface area contributed by atoms with Crippen molar-refractivity contribution in [2.45, 2.75) is 45.3 Å². The van der Waals surface area contributed by atoms with Crippen molar-refractivity contribution in [2.24, 2.45) is 11.8 Å². The van der Waals surface area contributed by atoms with Crippen molar-refractivity contribution in [2.75, 3.05) is 13.1 Å². The molecule has 2 atom stereocenters. The Balaban J connectivity index is 1.84. The van der Waals surface area contributed by atoms with E-state index in [1.807, 2.05) is 32.9 Å². The Morgan fingerprint density at radius 3 is 2.62 bits per heavy atom. The van der Waals surface area contributed by atoms with Crippen LogP contribution in [0.4, 0.5) is 4.79 Å². The minimum Gasteiger partial charge on any atom is -0.444 e. The fraction of sp³-hybridized carbons (Fsp3) is 0.550. The zero-order valence-corrected chi connectivity index (χ0v) is 14.8. The lowest BCUT2D eigenvalue weighted by molar-refractivity contribution is 0.0477. The molecule has 1 fully saturated rings. The van der Waals surface area contributed by atoms with Gasteiger partial charge in [0.25, 0.3) is 0 Å². The number of amides is 1. The van der Waals surface area contributed by atoms with Crippen LogP contribution in [-0.2, 0) is 4.74 Å². The van der Waals surface area contributed by atoms with Gasteiger partial charge in [0, 0.05) is 5.92 Å². The molecular formula is C20H28N2O2. The predicted octanol–water partition coefficient (Wildman–Crippen LogP) is 3.90. The average molecular weight is 328 g/mol. The second kappa shape index (κ2) is 6.98. The maximum absolute atomic E-state index is 12.4. The lowest BCUT2D eigenvalue weighted by atomic mass is 9.74. The molecule has 130 valence electrons. The number of hydrogen-bond donors (Lipinski definition) is 2. The minimum atomic E-state index is -0.488.